The van der Waals surface area contributed by atoms with Crippen molar-refractivity contribution in [2.45, 2.75) is 5.91 Å². The van der Waals surface area contributed by atoms with Crippen LogP contribution in [0.4, 0.5) is 11.6 Å². The van der Waals surface area contributed by atoms with Crippen LogP contribution in [0.3, 0.4) is 0 Å². The van der Waals surface area contributed by atoms with E-state index in [-0.39, 0.29) is 0 Å². The van der Waals surface area contributed by atoms with E-state index in [2.05, 4.69) is 42.6 Å². The molecule has 0 radical (unpaired) electrons. The van der Waals surface area contributed by atoms with E-state index in [1.165, 1.54) is 0 Å². The summed E-state index contributed by atoms with van der Waals surface area (Å²) in [6.07, 6.45) is 7.21. The van der Waals surface area contributed by atoms with Crippen molar-refractivity contribution in [2.75, 3.05) is 0 Å². The zero-order valence-electron chi connectivity index (χ0n) is 20.8. The number of amidine groups is 4. The van der Waals surface area contributed by atoms with Gasteiger partial charge in [0.1, 0.15) is 11.0 Å². The first kappa shape index (κ1) is 19.1. The summed E-state index contributed by atoms with van der Waals surface area (Å²) >= 11 is 0. The molecule has 0 aliphatic carbocycles. The molecule has 0 N–H and O–H groups in total. The molecular weight excluding hydrogens is 516 g/mol. The molecular formula is C29H12N12+2. The number of aliphatic imine (C=N–C) groups is 2. The monoisotopic (exact) mass is 528 g/mol. The minimum Gasteiger partial charge on any atom is -0.251 e. The van der Waals surface area contributed by atoms with E-state index < -0.39 is 5.91 Å². The van der Waals surface area contributed by atoms with Crippen molar-refractivity contribution in [3.63, 3.8) is 0 Å². The summed E-state index contributed by atoms with van der Waals surface area (Å²) in [6, 6.07) is 16.0. The minimum atomic E-state index is -1.08. The van der Waals surface area contributed by atoms with Gasteiger partial charge in [-0.1, -0.05) is 20.0 Å². The molecule has 0 aromatic carbocycles. The summed E-state index contributed by atoms with van der Waals surface area (Å²) in [6.45, 7) is 0. The normalized spacial score (nSPS) is 20.8. The fraction of sp³-hybridized carbons (Fsp3) is 0.0345. The predicted octanol–water partition coefficient (Wildman–Crippen LogP) is 1.29. The molecule has 0 saturated heterocycles. The lowest BCUT2D eigenvalue weighted by molar-refractivity contribution is -0.790. The number of aromatic nitrogens is 6. The summed E-state index contributed by atoms with van der Waals surface area (Å²) < 4.78 is 8.74. The Hall–Kier alpha value is -6.04. The highest BCUT2D eigenvalue weighted by atomic mass is 15.7. The zero-order valence-corrected chi connectivity index (χ0v) is 20.8. The molecule has 6 aliphatic rings. The Morgan fingerprint density at radius 3 is 2.12 bits per heavy atom. The number of nitrogens with zero attached hydrogens (tertiary/aromatic N) is 12. The molecule has 186 valence electrons. The van der Waals surface area contributed by atoms with Crippen molar-refractivity contribution >= 4 is 56.8 Å². The van der Waals surface area contributed by atoms with Gasteiger partial charge in [-0.05, 0) is 48.5 Å². The maximum Gasteiger partial charge on any atom is 0.405 e. The van der Waals surface area contributed by atoms with Gasteiger partial charge in [0.25, 0.3) is 23.3 Å². The first-order chi connectivity index (χ1) is 20.4. The van der Waals surface area contributed by atoms with Gasteiger partial charge in [0.15, 0.2) is 11.4 Å². The first-order valence-electron chi connectivity index (χ1n) is 13.2. The van der Waals surface area contributed by atoms with Crippen molar-refractivity contribution in [3.8, 4) is 0 Å². The number of hydrogen-bond donors (Lipinski definition) is 0. The summed E-state index contributed by atoms with van der Waals surface area (Å²) in [5.74, 6) is 3.33. The highest BCUT2D eigenvalue weighted by molar-refractivity contribution is 6.19. The van der Waals surface area contributed by atoms with Crippen LogP contribution in [0.15, 0.2) is 93.3 Å². The van der Waals surface area contributed by atoms with Crippen LogP contribution in [-0.2, 0) is 5.91 Å². The number of fused-ring (bicyclic) bond motifs is 12. The van der Waals surface area contributed by atoms with Crippen LogP contribution in [-0.4, -0.2) is 61.6 Å². The Morgan fingerprint density at radius 1 is 0.537 bits per heavy atom. The predicted molar refractivity (Wildman–Crippen MR) is 145 cm³/mol. The average molecular weight is 528 g/mol. The molecule has 6 aromatic heterocycles. The van der Waals surface area contributed by atoms with Crippen LogP contribution in [0.25, 0.3) is 21.8 Å². The third-order valence-corrected chi connectivity index (χ3v) is 8.78. The first-order valence-corrected chi connectivity index (χ1v) is 13.2. The van der Waals surface area contributed by atoms with Crippen LogP contribution in [0.2, 0.25) is 0 Å². The van der Waals surface area contributed by atoms with Gasteiger partial charge in [0.05, 0.1) is 21.9 Å². The molecule has 6 aliphatic heterocycles. The highest BCUT2D eigenvalue weighted by Gasteiger charge is 2.70. The highest BCUT2D eigenvalue weighted by Crippen LogP contribution is 2.51. The molecule has 0 saturated carbocycles. The largest absolute Gasteiger partial charge is 0.405 e. The summed E-state index contributed by atoms with van der Waals surface area (Å²) in [5.41, 5.74) is 6.41. The van der Waals surface area contributed by atoms with Gasteiger partial charge in [-0.2, -0.15) is 9.13 Å². The average Bonchev–Trinajstić information content (AvgIpc) is 3.74. The van der Waals surface area contributed by atoms with Gasteiger partial charge >= 0.3 is 5.91 Å². The maximum atomic E-state index is 5.28. The second-order valence-electron chi connectivity index (χ2n) is 10.6. The van der Waals surface area contributed by atoms with Crippen LogP contribution in [0.5, 0.6) is 0 Å². The van der Waals surface area contributed by atoms with Gasteiger partial charge < -0.3 is 0 Å². The maximum absolute atomic E-state index is 5.28. The third kappa shape index (κ3) is 1.72. The van der Waals surface area contributed by atoms with Crippen molar-refractivity contribution in [1.82, 2.24) is 29.1 Å². The summed E-state index contributed by atoms with van der Waals surface area (Å²) in [5, 5.41) is 1.83. The molecule has 12 heterocycles. The topological polar surface area (TPSA) is 117 Å². The molecule has 12 heteroatoms. The Kier molecular flexibility index (Phi) is 2.69. The lowest BCUT2D eigenvalue weighted by Crippen LogP contribution is -2.71. The van der Waals surface area contributed by atoms with Crippen LogP contribution in [0.1, 0.15) is 22.5 Å². The molecule has 0 amide bonds. The van der Waals surface area contributed by atoms with Gasteiger partial charge in [-0.15, -0.1) is 9.15 Å². The Balaban J connectivity index is 1.45. The molecule has 0 fully saturated rings. The van der Waals surface area contributed by atoms with Crippen molar-refractivity contribution in [1.29, 1.82) is 0 Å². The van der Waals surface area contributed by atoms with Gasteiger partial charge in [-0.3, -0.25) is 9.97 Å². The van der Waals surface area contributed by atoms with Crippen LogP contribution < -0.4 is 11.0 Å². The minimum absolute atomic E-state index is 0.718. The third-order valence-electron chi connectivity index (χ3n) is 8.78. The fourth-order valence-corrected chi connectivity index (χ4v) is 7.35. The van der Waals surface area contributed by atoms with E-state index >= 15 is 0 Å². The van der Waals surface area contributed by atoms with Crippen molar-refractivity contribution < 1.29 is 9.15 Å². The summed E-state index contributed by atoms with van der Waals surface area (Å²) in [7, 11) is 0. The quantitative estimate of drug-likeness (QED) is 0.276. The Morgan fingerprint density at radius 2 is 1.22 bits per heavy atom. The van der Waals surface area contributed by atoms with Crippen LogP contribution in [0, 0.1) is 0 Å². The molecule has 1 unspecified atom stereocenters. The molecule has 0 bridgehead atoms. The van der Waals surface area contributed by atoms with Gasteiger partial charge in [-0.25, -0.2) is 9.97 Å². The molecule has 6 aromatic rings. The second-order valence-corrected chi connectivity index (χ2v) is 10.6. The van der Waals surface area contributed by atoms with Crippen molar-refractivity contribution in [2.24, 2.45) is 20.0 Å². The van der Waals surface area contributed by atoms with E-state index in [9.17, 15) is 0 Å². The standard InChI is InChI=1S/C29H12N12/c1-5-13-17(30-9-1)25-35-22-15-7-3-11-32-19(15)27-37-24-16-8-4-12-33-20(16)28-36-23-14-6-2-10-31-18(14)26-34-21(13)38(25)29(39(23)26,40(22)27)41(24)28/h1-12H/q+2. The summed E-state index contributed by atoms with van der Waals surface area (Å²) in [4.78, 5) is 40.4. The SMILES string of the molecule is c1cnc2c(c1)C1=[N+]3C2=Nc2c4cccnc4c4n2C32n3c(c5cccnc5c3=N1)=NC1=[N+]2C(=N4)c2cccnc21. The van der Waals surface area contributed by atoms with Gasteiger partial charge in [0, 0.05) is 24.8 Å². The van der Waals surface area contributed by atoms with E-state index in [1.807, 2.05) is 24.3 Å². The number of rotatable bonds is 0. The van der Waals surface area contributed by atoms with E-state index in [0.717, 1.165) is 90.3 Å². The Bertz CT molecular complexity index is 2470. The number of pyridine rings is 4. The van der Waals surface area contributed by atoms with Crippen molar-refractivity contribution in [3.05, 3.63) is 107 Å². The zero-order chi connectivity index (χ0) is 26.2. The number of hydrogen-bond acceptors (Lipinski definition) is 8. The van der Waals surface area contributed by atoms with E-state index in [1.54, 1.807) is 24.8 Å². The molecule has 12 nitrogen and oxygen atoms in total. The molecule has 1 spiro atoms. The van der Waals surface area contributed by atoms with E-state index in [0.29, 0.717) is 0 Å². The molecule has 41 heavy (non-hydrogen) atoms. The lowest BCUT2D eigenvalue weighted by atomic mass is 10.2. The smallest absolute Gasteiger partial charge is 0.251 e. The Labute approximate surface area is 227 Å². The van der Waals surface area contributed by atoms with Crippen LogP contribution >= 0.6 is 0 Å². The lowest BCUT2D eigenvalue weighted by Gasteiger charge is -2.40. The second kappa shape index (κ2) is 5.77. The molecule has 1 atom stereocenters. The van der Waals surface area contributed by atoms with Gasteiger partial charge in [0.2, 0.25) is 22.6 Å². The fourth-order valence-electron chi connectivity index (χ4n) is 7.35. The van der Waals surface area contributed by atoms with E-state index in [4.69, 9.17) is 39.9 Å². The molecule has 12 rings (SSSR count).